The molecule has 138 valence electrons. The highest BCUT2D eigenvalue weighted by atomic mass is 31.1. The summed E-state index contributed by atoms with van der Waals surface area (Å²) in [5.74, 6) is 0. The summed E-state index contributed by atoms with van der Waals surface area (Å²) in [5.41, 5.74) is 5.39. The lowest BCUT2D eigenvalue weighted by Crippen LogP contribution is -2.18. The van der Waals surface area contributed by atoms with Gasteiger partial charge >= 0.3 is 8.69 Å². The molecule has 0 heterocycles. The van der Waals surface area contributed by atoms with E-state index >= 15 is 0 Å². The third-order valence-corrected chi connectivity index (χ3v) is 4.45. The van der Waals surface area contributed by atoms with Crippen LogP contribution in [0.25, 0.3) is 0 Å². The van der Waals surface area contributed by atoms with Gasteiger partial charge in [0, 0.05) is 6.54 Å². The minimum atomic E-state index is -0.370. The van der Waals surface area contributed by atoms with Crippen LogP contribution in [0.5, 0.6) is 0 Å². The SMILES string of the molecule is CCCCCCCCCCCCCCCC(OCCN)OP=O. The Balaban J connectivity index is 3.23. The minimum Gasteiger partial charge on any atom is -0.350 e. The Morgan fingerprint density at radius 3 is 1.74 bits per heavy atom. The maximum Gasteiger partial charge on any atom is 0.329 e. The molecule has 0 aromatic rings. The van der Waals surface area contributed by atoms with Crippen molar-refractivity contribution in [3.05, 3.63) is 0 Å². The Morgan fingerprint density at radius 2 is 1.30 bits per heavy atom. The number of ether oxygens (including phenoxy) is 1. The van der Waals surface area contributed by atoms with E-state index < -0.39 is 0 Å². The molecular formula is C18H38NO3P. The van der Waals surface area contributed by atoms with Gasteiger partial charge in [0.1, 0.15) is 0 Å². The van der Waals surface area contributed by atoms with Crippen molar-refractivity contribution in [2.45, 2.75) is 103 Å². The first-order valence-electron chi connectivity index (χ1n) is 9.65. The average Bonchev–Trinajstić information content (AvgIpc) is 2.56. The number of nitrogens with two attached hydrogens (primary N) is 1. The van der Waals surface area contributed by atoms with Crippen molar-refractivity contribution in [3.8, 4) is 0 Å². The maximum atomic E-state index is 10.5. The van der Waals surface area contributed by atoms with Gasteiger partial charge in [0.2, 0.25) is 0 Å². The molecule has 23 heavy (non-hydrogen) atoms. The Bertz CT molecular complexity index is 242. The largest absolute Gasteiger partial charge is 0.350 e. The second-order valence-corrected chi connectivity index (χ2v) is 6.66. The van der Waals surface area contributed by atoms with Crippen molar-refractivity contribution in [1.82, 2.24) is 0 Å². The smallest absolute Gasteiger partial charge is 0.329 e. The van der Waals surface area contributed by atoms with Crippen molar-refractivity contribution in [1.29, 1.82) is 0 Å². The summed E-state index contributed by atoms with van der Waals surface area (Å²) < 4.78 is 20.9. The lowest BCUT2D eigenvalue weighted by Gasteiger charge is -2.13. The number of rotatable bonds is 19. The van der Waals surface area contributed by atoms with Crippen molar-refractivity contribution in [2.24, 2.45) is 5.73 Å². The lowest BCUT2D eigenvalue weighted by molar-refractivity contribution is -0.0759. The molecule has 0 amide bonds. The molecule has 0 rings (SSSR count). The molecule has 0 bridgehead atoms. The van der Waals surface area contributed by atoms with Crippen molar-refractivity contribution in [3.63, 3.8) is 0 Å². The van der Waals surface area contributed by atoms with Gasteiger partial charge < -0.3 is 10.5 Å². The summed E-state index contributed by atoms with van der Waals surface area (Å²) in [4.78, 5) is 0. The molecule has 0 fully saturated rings. The first-order chi connectivity index (χ1) is 11.3. The highest BCUT2D eigenvalue weighted by Gasteiger charge is 2.08. The maximum absolute atomic E-state index is 10.5. The number of hydrogen-bond donors (Lipinski definition) is 1. The highest BCUT2D eigenvalue weighted by Crippen LogP contribution is 2.16. The van der Waals surface area contributed by atoms with Crippen LogP contribution in [-0.4, -0.2) is 19.4 Å². The molecule has 0 aliphatic rings. The molecule has 5 heteroatoms. The van der Waals surface area contributed by atoms with E-state index in [-0.39, 0.29) is 15.0 Å². The van der Waals surface area contributed by atoms with Crippen LogP contribution in [0, 0.1) is 0 Å². The van der Waals surface area contributed by atoms with E-state index in [1.54, 1.807) is 0 Å². The molecule has 0 saturated heterocycles. The molecule has 0 aliphatic heterocycles. The van der Waals surface area contributed by atoms with Gasteiger partial charge in [-0.3, -0.25) is 4.52 Å². The van der Waals surface area contributed by atoms with E-state index in [0.717, 1.165) is 12.8 Å². The van der Waals surface area contributed by atoms with Crippen LogP contribution in [0.2, 0.25) is 0 Å². The van der Waals surface area contributed by atoms with Crippen molar-refractivity contribution >= 4 is 8.69 Å². The summed E-state index contributed by atoms with van der Waals surface area (Å²) in [6, 6.07) is 0. The highest BCUT2D eigenvalue weighted by molar-refractivity contribution is 7.17. The fraction of sp³-hybridized carbons (Fsp3) is 1.00. The third kappa shape index (κ3) is 18.2. The van der Waals surface area contributed by atoms with Gasteiger partial charge in [-0.15, -0.1) is 0 Å². The lowest BCUT2D eigenvalue weighted by atomic mass is 10.0. The Kier molecular flexibility index (Phi) is 20.0. The zero-order valence-electron chi connectivity index (χ0n) is 15.1. The molecule has 1 unspecified atom stereocenters. The van der Waals surface area contributed by atoms with Crippen LogP contribution >= 0.6 is 8.69 Å². The Morgan fingerprint density at radius 1 is 0.826 bits per heavy atom. The topological polar surface area (TPSA) is 61.6 Å². The van der Waals surface area contributed by atoms with Gasteiger partial charge in [-0.1, -0.05) is 84.0 Å². The second kappa shape index (κ2) is 20.0. The molecule has 2 N–H and O–H groups in total. The molecule has 1 atom stereocenters. The van der Waals surface area contributed by atoms with E-state index in [0.29, 0.717) is 13.2 Å². The van der Waals surface area contributed by atoms with Gasteiger partial charge in [0.25, 0.3) is 0 Å². The zero-order valence-corrected chi connectivity index (χ0v) is 16.0. The van der Waals surface area contributed by atoms with E-state index in [4.69, 9.17) is 15.0 Å². The van der Waals surface area contributed by atoms with Gasteiger partial charge in [-0.2, -0.15) is 0 Å². The number of unbranched alkanes of at least 4 members (excludes halogenated alkanes) is 12. The summed E-state index contributed by atoms with van der Waals surface area (Å²) >= 11 is 0. The first kappa shape index (κ1) is 23.0. The molecule has 0 spiro atoms. The standard InChI is InChI=1S/C18H38NO3P/c1-2-3-4-5-6-7-8-9-10-11-12-13-14-15-18(22-23-20)21-17-16-19/h18H,2-17,19H2,1H3. The van der Waals surface area contributed by atoms with Crippen LogP contribution in [0.4, 0.5) is 0 Å². The fourth-order valence-corrected chi connectivity index (χ4v) is 3.00. The summed E-state index contributed by atoms with van der Waals surface area (Å²) in [6.07, 6.45) is 17.8. The molecular weight excluding hydrogens is 309 g/mol. The van der Waals surface area contributed by atoms with Crippen molar-refractivity contribution < 1.29 is 13.8 Å². The van der Waals surface area contributed by atoms with Crippen LogP contribution in [-0.2, 0) is 13.8 Å². The third-order valence-electron chi connectivity index (χ3n) is 4.13. The van der Waals surface area contributed by atoms with Gasteiger partial charge in [-0.25, -0.2) is 4.57 Å². The summed E-state index contributed by atoms with van der Waals surface area (Å²) in [7, 11) is -0.313. The van der Waals surface area contributed by atoms with E-state index in [1.807, 2.05) is 0 Å². The predicted octanol–water partition coefficient (Wildman–Crippen LogP) is 5.99. The second-order valence-electron chi connectivity index (χ2n) is 6.30. The Labute approximate surface area is 145 Å². The monoisotopic (exact) mass is 347 g/mol. The van der Waals surface area contributed by atoms with Crippen LogP contribution < -0.4 is 5.73 Å². The van der Waals surface area contributed by atoms with Crippen LogP contribution in [0.3, 0.4) is 0 Å². The van der Waals surface area contributed by atoms with Gasteiger partial charge in [-0.05, 0) is 12.8 Å². The number of hydrogen-bond acceptors (Lipinski definition) is 4. The van der Waals surface area contributed by atoms with E-state index in [9.17, 15) is 4.57 Å². The van der Waals surface area contributed by atoms with E-state index in [1.165, 1.54) is 77.0 Å². The predicted molar refractivity (Wildman–Crippen MR) is 97.8 cm³/mol. The zero-order chi connectivity index (χ0) is 17.0. The molecule has 4 nitrogen and oxygen atoms in total. The normalized spacial score (nSPS) is 12.8. The first-order valence-corrected chi connectivity index (χ1v) is 10.4. The fourth-order valence-electron chi connectivity index (χ4n) is 2.74. The summed E-state index contributed by atoms with van der Waals surface area (Å²) in [6.45, 7) is 3.19. The molecule has 0 radical (unpaired) electrons. The van der Waals surface area contributed by atoms with Crippen molar-refractivity contribution in [2.75, 3.05) is 13.2 Å². The Hall–Kier alpha value is -0.0200. The van der Waals surface area contributed by atoms with Crippen LogP contribution in [0.1, 0.15) is 96.8 Å². The average molecular weight is 347 g/mol. The van der Waals surface area contributed by atoms with Gasteiger partial charge in [0.15, 0.2) is 6.29 Å². The molecule has 0 aliphatic carbocycles. The molecule has 0 aromatic carbocycles. The van der Waals surface area contributed by atoms with Crippen LogP contribution in [0.15, 0.2) is 0 Å². The quantitative estimate of drug-likeness (QED) is 0.177. The summed E-state index contributed by atoms with van der Waals surface area (Å²) in [5, 5.41) is 0. The van der Waals surface area contributed by atoms with Gasteiger partial charge in [0.05, 0.1) is 6.61 Å². The molecule has 0 aromatic heterocycles. The molecule has 0 saturated carbocycles. The minimum absolute atomic E-state index is 0.313. The van der Waals surface area contributed by atoms with E-state index in [2.05, 4.69) is 6.92 Å².